The second kappa shape index (κ2) is 7.70. The number of anilines is 2. The summed E-state index contributed by atoms with van der Waals surface area (Å²) in [7, 11) is 0.0735. The van der Waals surface area contributed by atoms with Gasteiger partial charge in [0, 0.05) is 32.2 Å². The van der Waals surface area contributed by atoms with Gasteiger partial charge in [-0.05, 0) is 50.3 Å². The van der Waals surface area contributed by atoms with Crippen LogP contribution < -0.4 is 9.21 Å². The maximum absolute atomic E-state index is 13.4. The number of hydrogen-bond acceptors (Lipinski definition) is 4. The van der Waals surface area contributed by atoms with E-state index in [0.29, 0.717) is 31.0 Å². The molecule has 0 radical (unpaired) electrons. The van der Waals surface area contributed by atoms with E-state index in [1.807, 2.05) is 43.3 Å². The Balaban J connectivity index is 2.02. The lowest BCUT2D eigenvalue weighted by molar-refractivity contribution is -0.116. The number of nitrogens with zero attached hydrogens (tertiary/aromatic N) is 3. The van der Waals surface area contributed by atoms with E-state index in [9.17, 15) is 13.2 Å². The Hall–Kier alpha value is -2.38. The fourth-order valence-electron chi connectivity index (χ4n) is 3.25. The van der Waals surface area contributed by atoms with Crippen LogP contribution in [0.1, 0.15) is 12.5 Å². The molecule has 0 N–H and O–H groups in total. The third kappa shape index (κ3) is 3.99. The molecule has 27 heavy (non-hydrogen) atoms. The topological polar surface area (TPSA) is 60.9 Å². The summed E-state index contributed by atoms with van der Waals surface area (Å²) in [5, 5.41) is 0. The molecule has 1 amide bonds. The number of para-hydroxylation sites is 1. The van der Waals surface area contributed by atoms with Gasteiger partial charge in [-0.1, -0.05) is 24.3 Å². The molecule has 144 valence electrons. The van der Waals surface area contributed by atoms with Crippen LogP contribution >= 0.6 is 0 Å². The first kappa shape index (κ1) is 19.4. The SMILES string of the molecule is CC(=O)N1CCc2ccc(S(=O)(=O)N(CCN(C)C)c3ccccc3)cc21. The predicted molar refractivity (Wildman–Crippen MR) is 108 cm³/mol. The number of fused-ring (bicyclic) bond motifs is 1. The van der Waals surface area contributed by atoms with Gasteiger partial charge in [0.2, 0.25) is 5.91 Å². The van der Waals surface area contributed by atoms with Gasteiger partial charge in [0.1, 0.15) is 0 Å². The Morgan fingerprint density at radius 1 is 1.07 bits per heavy atom. The van der Waals surface area contributed by atoms with Gasteiger partial charge in [-0.25, -0.2) is 8.42 Å². The molecule has 0 unspecified atom stereocenters. The standard InChI is InChI=1S/C20H25N3O3S/c1-16(24)22-12-11-17-9-10-19(15-20(17)22)27(25,26)23(14-13-21(2)3)18-7-5-4-6-8-18/h4-10,15H,11-14H2,1-3H3. The van der Waals surface area contributed by atoms with E-state index >= 15 is 0 Å². The zero-order chi connectivity index (χ0) is 19.6. The fourth-order valence-corrected chi connectivity index (χ4v) is 4.72. The summed E-state index contributed by atoms with van der Waals surface area (Å²) >= 11 is 0. The van der Waals surface area contributed by atoms with E-state index in [-0.39, 0.29) is 10.8 Å². The van der Waals surface area contributed by atoms with Crippen molar-refractivity contribution in [2.24, 2.45) is 0 Å². The highest BCUT2D eigenvalue weighted by Crippen LogP contribution is 2.32. The number of benzene rings is 2. The number of sulfonamides is 1. The third-order valence-corrected chi connectivity index (χ3v) is 6.54. The van der Waals surface area contributed by atoms with Crippen molar-refractivity contribution in [3.05, 3.63) is 54.1 Å². The summed E-state index contributed by atoms with van der Waals surface area (Å²) in [5.41, 5.74) is 2.33. The van der Waals surface area contributed by atoms with Crippen molar-refractivity contribution in [3.8, 4) is 0 Å². The molecule has 0 aliphatic carbocycles. The molecule has 0 aromatic heterocycles. The van der Waals surface area contributed by atoms with Crippen molar-refractivity contribution in [3.63, 3.8) is 0 Å². The van der Waals surface area contributed by atoms with E-state index in [1.165, 1.54) is 11.2 Å². The van der Waals surface area contributed by atoms with Crippen LogP contribution in [0, 0.1) is 0 Å². The van der Waals surface area contributed by atoms with E-state index in [1.54, 1.807) is 29.2 Å². The zero-order valence-corrected chi connectivity index (χ0v) is 16.7. The first-order chi connectivity index (χ1) is 12.8. The van der Waals surface area contributed by atoms with Gasteiger partial charge in [0.05, 0.1) is 10.6 Å². The summed E-state index contributed by atoms with van der Waals surface area (Å²) < 4.78 is 28.3. The minimum absolute atomic E-state index is 0.0733. The molecular weight excluding hydrogens is 362 g/mol. The van der Waals surface area contributed by atoms with Crippen LogP contribution in [0.5, 0.6) is 0 Å². The molecule has 2 aromatic rings. The molecule has 3 rings (SSSR count). The molecule has 6 nitrogen and oxygen atoms in total. The number of carbonyl (C=O) groups is 1. The first-order valence-electron chi connectivity index (χ1n) is 8.94. The lowest BCUT2D eigenvalue weighted by Gasteiger charge is -2.26. The molecule has 0 saturated heterocycles. The van der Waals surface area contributed by atoms with Gasteiger partial charge < -0.3 is 9.80 Å². The Morgan fingerprint density at radius 3 is 2.41 bits per heavy atom. The molecule has 0 atom stereocenters. The summed E-state index contributed by atoms with van der Waals surface area (Å²) in [6.07, 6.45) is 0.748. The lowest BCUT2D eigenvalue weighted by Crippen LogP contribution is -2.36. The van der Waals surface area contributed by atoms with E-state index in [0.717, 1.165) is 12.0 Å². The van der Waals surface area contributed by atoms with Gasteiger partial charge in [0.25, 0.3) is 10.0 Å². The summed E-state index contributed by atoms with van der Waals surface area (Å²) in [6.45, 7) is 3.03. The van der Waals surface area contributed by atoms with Crippen molar-refractivity contribution in [2.75, 3.05) is 42.9 Å². The zero-order valence-electron chi connectivity index (χ0n) is 15.9. The van der Waals surface area contributed by atoms with Crippen molar-refractivity contribution >= 4 is 27.3 Å². The van der Waals surface area contributed by atoms with Crippen molar-refractivity contribution in [2.45, 2.75) is 18.2 Å². The minimum atomic E-state index is -3.75. The van der Waals surface area contributed by atoms with Gasteiger partial charge in [-0.2, -0.15) is 0 Å². The van der Waals surface area contributed by atoms with Crippen molar-refractivity contribution in [1.82, 2.24) is 4.90 Å². The fraction of sp³-hybridized carbons (Fsp3) is 0.350. The molecule has 0 fully saturated rings. The number of hydrogen-bond donors (Lipinski definition) is 0. The van der Waals surface area contributed by atoms with Gasteiger partial charge in [-0.15, -0.1) is 0 Å². The second-order valence-electron chi connectivity index (χ2n) is 6.93. The Kier molecular flexibility index (Phi) is 5.53. The summed E-state index contributed by atoms with van der Waals surface area (Å²) in [4.78, 5) is 15.7. The van der Waals surface area contributed by atoms with Crippen LogP contribution in [0.25, 0.3) is 0 Å². The molecule has 1 aliphatic rings. The van der Waals surface area contributed by atoms with Gasteiger partial charge >= 0.3 is 0 Å². The van der Waals surface area contributed by atoms with Crippen LogP contribution in [-0.2, 0) is 21.2 Å². The lowest BCUT2D eigenvalue weighted by atomic mass is 10.2. The van der Waals surface area contributed by atoms with Gasteiger partial charge in [-0.3, -0.25) is 9.10 Å². The third-order valence-electron chi connectivity index (χ3n) is 4.71. The molecule has 0 saturated carbocycles. The van der Waals surface area contributed by atoms with Crippen molar-refractivity contribution in [1.29, 1.82) is 0 Å². The molecule has 0 bridgehead atoms. The quantitative estimate of drug-likeness (QED) is 0.763. The maximum atomic E-state index is 13.4. The molecule has 1 aliphatic heterocycles. The first-order valence-corrected chi connectivity index (χ1v) is 10.4. The molecule has 0 spiro atoms. The maximum Gasteiger partial charge on any atom is 0.264 e. The number of likely N-dealkylation sites (N-methyl/N-ethyl adjacent to an activating group) is 1. The summed E-state index contributed by atoms with van der Waals surface area (Å²) in [6, 6.07) is 14.2. The highest BCUT2D eigenvalue weighted by Gasteiger charge is 2.29. The van der Waals surface area contributed by atoms with Crippen LogP contribution in [0.2, 0.25) is 0 Å². The minimum Gasteiger partial charge on any atom is -0.312 e. The van der Waals surface area contributed by atoms with E-state index in [2.05, 4.69) is 0 Å². The molecule has 2 aromatic carbocycles. The van der Waals surface area contributed by atoms with E-state index < -0.39 is 10.0 Å². The van der Waals surface area contributed by atoms with Crippen LogP contribution in [0.3, 0.4) is 0 Å². The van der Waals surface area contributed by atoms with Crippen LogP contribution in [-0.4, -0.2) is 53.0 Å². The normalized spacial score (nSPS) is 13.7. The molecule has 1 heterocycles. The molecular formula is C20H25N3O3S. The predicted octanol–water partition coefficient (Wildman–Crippen LogP) is 2.35. The smallest absolute Gasteiger partial charge is 0.264 e. The largest absolute Gasteiger partial charge is 0.312 e. The van der Waals surface area contributed by atoms with E-state index in [4.69, 9.17) is 0 Å². The highest BCUT2D eigenvalue weighted by atomic mass is 32.2. The average Bonchev–Trinajstić information content (AvgIpc) is 3.05. The van der Waals surface area contributed by atoms with Crippen LogP contribution in [0.15, 0.2) is 53.4 Å². The van der Waals surface area contributed by atoms with Crippen LogP contribution in [0.4, 0.5) is 11.4 Å². The number of carbonyl (C=O) groups excluding carboxylic acids is 1. The number of rotatable bonds is 6. The summed E-state index contributed by atoms with van der Waals surface area (Å²) in [5.74, 6) is -0.0733. The Morgan fingerprint density at radius 2 is 1.78 bits per heavy atom. The molecule has 7 heteroatoms. The monoisotopic (exact) mass is 387 g/mol. The van der Waals surface area contributed by atoms with Crippen molar-refractivity contribution < 1.29 is 13.2 Å². The Labute approximate surface area is 161 Å². The average molecular weight is 388 g/mol. The highest BCUT2D eigenvalue weighted by molar-refractivity contribution is 7.92. The Bertz CT molecular complexity index is 927. The van der Waals surface area contributed by atoms with Gasteiger partial charge in [0.15, 0.2) is 0 Å². The number of amides is 1. The second-order valence-corrected chi connectivity index (χ2v) is 8.79.